The summed E-state index contributed by atoms with van der Waals surface area (Å²) in [5.74, 6) is 0.727. The number of benzene rings is 1. The van der Waals surface area contributed by atoms with Gasteiger partial charge >= 0.3 is 0 Å². The van der Waals surface area contributed by atoms with Crippen LogP contribution >= 0.6 is 15.9 Å². The average molecular weight is 292 g/mol. The first kappa shape index (κ1) is 10.3. The van der Waals surface area contributed by atoms with Crippen molar-refractivity contribution in [3.8, 4) is 11.5 Å². The molecular formula is C11H10BrN5. The van der Waals surface area contributed by atoms with Crippen LogP contribution in [0.25, 0.3) is 22.6 Å². The molecule has 86 valence electrons. The van der Waals surface area contributed by atoms with Gasteiger partial charge in [0.1, 0.15) is 11.2 Å². The number of nitrogens with one attached hydrogen (secondary N) is 1. The fraction of sp³-hybridized carbons (Fsp3) is 0.0909. The van der Waals surface area contributed by atoms with Gasteiger partial charge in [-0.05, 0) is 12.1 Å². The Morgan fingerprint density at radius 2 is 2.24 bits per heavy atom. The van der Waals surface area contributed by atoms with Gasteiger partial charge in [-0.3, -0.25) is 0 Å². The Bertz CT molecular complexity index is 697. The first-order valence-electron chi connectivity index (χ1n) is 5.06. The van der Waals surface area contributed by atoms with Gasteiger partial charge in [0.25, 0.3) is 0 Å². The van der Waals surface area contributed by atoms with Gasteiger partial charge in [0.15, 0.2) is 5.82 Å². The second kappa shape index (κ2) is 3.59. The van der Waals surface area contributed by atoms with Crippen molar-refractivity contribution < 1.29 is 0 Å². The van der Waals surface area contributed by atoms with Crippen LogP contribution in [0.3, 0.4) is 0 Å². The molecule has 0 unspecified atom stereocenters. The Kier molecular flexibility index (Phi) is 2.19. The van der Waals surface area contributed by atoms with E-state index in [-0.39, 0.29) is 0 Å². The van der Waals surface area contributed by atoms with Gasteiger partial charge in [0, 0.05) is 17.7 Å². The number of nitrogen functional groups attached to an aromatic ring is 1. The van der Waals surface area contributed by atoms with E-state index in [0.717, 1.165) is 27.0 Å². The topological polar surface area (TPSA) is 72.5 Å². The van der Waals surface area contributed by atoms with Gasteiger partial charge in [-0.15, -0.1) is 0 Å². The lowest BCUT2D eigenvalue weighted by molar-refractivity contribution is 0.913. The van der Waals surface area contributed by atoms with Gasteiger partial charge in [0.05, 0.1) is 17.5 Å². The van der Waals surface area contributed by atoms with Crippen LogP contribution in [0.2, 0.25) is 0 Å². The summed E-state index contributed by atoms with van der Waals surface area (Å²) in [6.07, 6.45) is 3.64. The van der Waals surface area contributed by atoms with Gasteiger partial charge in [-0.2, -0.15) is 0 Å². The summed E-state index contributed by atoms with van der Waals surface area (Å²) in [6.45, 7) is 0. The maximum absolute atomic E-state index is 5.92. The van der Waals surface area contributed by atoms with E-state index in [1.165, 1.54) is 0 Å². The molecule has 0 aliphatic carbocycles. The summed E-state index contributed by atoms with van der Waals surface area (Å²) < 4.78 is 2.81. The monoisotopic (exact) mass is 291 g/mol. The smallest absolute Gasteiger partial charge is 0.158 e. The first-order chi connectivity index (χ1) is 8.13. The molecule has 0 bridgehead atoms. The van der Waals surface area contributed by atoms with E-state index in [1.807, 2.05) is 29.9 Å². The largest absolute Gasteiger partial charge is 0.397 e. The minimum Gasteiger partial charge on any atom is -0.397 e. The fourth-order valence-electron chi connectivity index (χ4n) is 1.76. The Morgan fingerprint density at radius 1 is 1.41 bits per heavy atom. The predicted molar refractivity (Wildman–Crippen MR) is 70.4 cm³/mol. The van der Waals surface area contributed by atoms with Crippen molar-refractivity contribution in [1.29, 1.82) is 0 Å². The molecule has 0 radical (unpaired) electrons. The number of rotatable bonds is 1. The van der Waals surface area contributed by atoms with Crippen molar-refractivity contribution in [1.82, 2.24) is 19.5 Å². The third-order valence-electron chi connectivity index (χ3n) is 2.53. The highest BCUT2D eigenvalue weighted by Crippen LogP contribution is 2.26. The van der Waals surface area contributed by atoms with Gasteiger partial charge in [0.2, 0.25) is 0 Å². The number of nitrogens with two attached hydrogens (primary N) is 1. The van der Waals surface area contributed by atoms with Crippen LogP contribution in [0.15, 0.2) is 29.1 Å². The van der Waals surface area contributed by atoms with Crippen LogP contribution in [0.4, 0.5) is 5.69 Å². The van der Waals surface area contributed by atoms with Crippen molar-refractivity contribution in [2.75, 3.05) is 5.73 Å². The van der Waals surface area contributed by atoms with Crippen LogP contribution in [0, 0.1) is 0 Å². The number of H-pyrrole nitrogens is 1. The number of aromatic amines is 1. The summed E-state index contributed by atoms with van der Waals surface area (Å²) in [6, 6.07) is 3.79. The Morgan fingerprint density at radius 3 is 2.94 bits per heavy atom. The van der Waals surface area contributed by atoms with Crippen molar-refractivity contribution in [3.63, 3.8) is 0 Å². The zero-order valence-corrected chi connectivity index (χ0v) is 10.7. The molecule has 3 N–H and O–H groups in total. The maximum atomic E-state index is 5.92. The lowest BCUT2D eigenvalue weighted by Crippen LogP contribution is -1.86. The quantitative estimate of drug-likeness (QED) is 0.676. The van der Waals surface area contributed by atoms with E-state index in [9.17, 15) is 0 Å². The van der Waals surface area contributed by atoms with Crippen LogP contribution in [-0.2, 0) is 7.05 Å². The highest BCUT2D eigenvalue weighted by atomic mass is 79.9. The normalized spacial score (nSPS) is 11.2. The van der Waals surface area contributed by atoms with Crippen molar-refractivity contribution >= 4 is 32.7 Å². The summed E-state index contributed by atoms with van der Waals surface area (Å²) in [5, 5.41) is 0. The zero-order valence-electron chi connectivity index (χ0n) is 9.11. The second-order valence-corrected chi connectivity index (χ2v) is 4.82. The number of halogens is 1. The molecule has 0 fully saturated rings. The molecule has 3 aromatic rings. The molecule has 1 aromatic carbocycles. The lowest BCUT2D eigenvalue weighted by Gasteiger charge is -1.94. The standard InChI is InChI=1S/C11H10BrN5/c1-17-4-9(14-5-17)11-15-8-3-6(12)2-7(13)10(8)16-11/h2-5H,13H2,1H3,(H,15,16). The third-order valence-corrected chi connectivity index (χ3v) is 2.99. The molecular weight excluding hydrogens is 282 g/mol. The zero-order chi connectivity index (χ0) is 12.0. The molecule has 2 heterocycles. The van der Waals surface area contributed by atoms with E-state index >= 15 is 0 Å². The molecule has 0 saturated carbocycles. The summed E-state index contributed by atoms with van der Waals surface area (Å²) >= 11 is 3.41. The summed E-state index contributed by atoms with van der Waals surface area (Å²) in [5.41, 5.74) is 9.04. The highest BCUT2D eigenvalue weighted by molar-refractivity contribution is 9.10. The molecule has 5 nitrogen and oxygen atoms in total. The Labute approximate surface area is 106 Å². The molecule has 0 atom stereocenters. The third kappa shape index (κ3) is 1.70. The van der Waals surface area contributed by atoms with Gasteiger partial charge in [-0.25, -0.2) is 9.97 Å². The van der Waals surface area contributed by atoms with E-state index in [0.29, 0.717) is 5.69 Å². The molecule has 6 heteroatoms. The SMILES string of the molecule is Cn1cnc(-c2nc3c(N)cc(Br)cc3[nH]2)c1. The Hall–Kier alpha value is -1.82. The van der Waals surface area contributed by atoms with Crippen LogP contribution in [-0.4, -0.2) is 19.5 Å². The molecule has 0 aliphatic heterocycles. The van der Waals surface area contributed by atoms with Crippen LogP contribution in [0.1, 0.15) is 0 Å². The number of fused-ring (bicyclic) bond motifs is 1. The molecule has 0 aliphatic rings. The van der Waals surface area contributed by atoms with Crippen molar-refractivity contribution in [2.24, 2.45) is 7.05 Å². The number of aromatic nitrogens is 4. The Balaban J connectivity index is 2.23. The maximum Gasteiger partial charge on any atom is 0.158 e. The highest BCUT2D eigenvalue weighted by Gasteiger charge is 2.10. The molecule has 0 saturated heterocycles. The predicted octanol–water partition coefficient (Wildman–Crippen LogP) is 2.31. The molecule has 17 heavy (non-hydrogen) atoms. The fourth-order valence-corrected chi connectivity index (χ4v) is 2.24. The number of hydrogen-bond acceptors (Lipinski definition) is 3. The number of nitrogens with zero attached hydrogens (tertiary/aromatic N) is 3. The molecule has 0 amide bonds. The van der Waals surface area contributed by atoms with Gasteiger partial charge in [-0.1, -0.05) is 15.9 Å². The van der Waals surface area contributed by atoms with E-state index < -0.39 is 0 Å². The van der Waals surface area contributed by atoms with E-state index in [2.05, 4.69) is 30.9 Å². The average Bonchev–Trinajstić information content (AvgIpc) is 2.83. The molecule has 2 aromatic heterocycles. The molecule has 3 rings (SSSR count). The number of aryl methyl sites for hydroxylation is 1. The minimum absolute atomic E-state index is 0.646. The molecule has 0 spiro atoms. The van der Waals surface area contributed by atoms with E-state index in [4.69, 9.17) is 5.73 Å². The number of hydrogen-bond donors (Lipinski definition) is 2. The van der Waals surface area contributed by atoms with Crippen LogP contribution in [0.5, 0.6) is 0 Å². The second-order valence-electron chi connectivity index (χ2n) is 3.90. The van der Waals surface area contributed by atoms with Gasteiger partial charge < -0.3 is 15.3 Å². The lowest BCUT2D eigenvalue weighted by atomic mass is 10.3. The summed E-state index contributed by atoms with van der Waals surface area (Å²) in [7, 11) is 1.92. The first-order valence-corrected chi connectivity index (χ1v) is 5.86. The van der Waals surface area contributed by atoms with Crippen LogP contribution < -0.4 is 5.73 Å². The van der Waals surface area contributed by atoms with E-state index in [1.54, 1.807) is 6.33 Å². The number of imidazole rings is 2. The summed E-state index contributed by atoms with van der Waals surface area (Å²) in [4.78, 5) is 11.9. The van der Waals surface area contributed by atoms with Crippen molar-refractivity contribution in [3.05, 3.63) is 29.1 Å². The number of anilines is 1. The van der Waals surface area contributed by atoms with Crippen molar-refractivity contribution in [2.45, 2.75) is 0 Å². The minimum atomic E-state index is 0.646.